The molecule has 0 N–H and O–H groups in total. The Morgan fingerprint density at radius 1 is 0.308 bits per heavy atom. The van der Waals surface area contributed by atoms with Crippen molar-refractivity contribution >= 4 is 0 Å². The Morgan fingerprint density at radius 3 is 0.692 bits per heavy atom. The Balaban J connectivity index is -0.000000126. The Labute approximate surface area is 334 Å². The third-order valence-corrected chi connectivity index (χ3v) is 8.15. The molecule has 0 aromatic carbocycles. The van der Waals surface area contributed by atoms with Crippen LogP contribution in [-0.2, 0) is 0 Å². The van der Waals surface area contributed by atoms with Crippen LogP contribution in [0.2, 0.25) is 0 Å². The fraction of sp³-hybridized carbons (Fsp3) is 0.769. The molecule has 0 fully saturated rings. The minimum atomic E-state index is 0.722. The molecule has 0 bridgehead atoms. The molecule has 0 spiro atoms. The predicted octanol–water partition coefficient (Wildman–Crippen LogP) is 19.6. The highest BCUT2D eigenvalue weighted by molar-refractivity contribution is 4.87. The molecule has 0 saturated heterocycles. The van der Waals surface area contributed by atoms with E-state index in [9.17, 15) is 0 Å². The molecule has 312 valence electrons. The normalized spacial score (nSPS) is 13.6. The van der Waals surface area contributed by atoms with Gasteiger partial charge in [-0.05, 0) is 99.7 Å². The SMILES string of the molecule is CC/C=C\C(C)C.CC/C=C\C(C)C.CC/C=C\CC.CC/C=C\CC.CC/C=C\[C@H](C)CC(CC)CCC.CC/C=C\[C@H](C)CC(CC)CCC. The van der Waals surface area contributed by atoms with E-state index in [0.29, 0.717) is 0 Å². The highest BCUT2D eigenvalue weighted by Gasteiger charge is 2.09. The lowest BCUT2D eigenvalue weighted by molar-refractivity contribution is 0.390. The van der Waals surface area contributed by atoms with E-state index in [0.717, 1.165) is 48.3 Å². The van der Waals surface area contributed by atoms with Gasteiger partial charge >= 0.3 is 0 Å². The second-order valence-electron chi connectivity index (χ2n) is 15.0. The monoisotopic (exact) mass is 729 g/mol. The van der Waals surface area contributed by atoms with E-state index >= 15 is 0 Å². The summed E-state index contributed by atoms with van der Waals surface area (Å²) >= 11 is 0. The number of rotatable bonds is 22. The van der Waals surface area contributed by atoms with Gasteiger partial charge in [0, 0.05) is 0 Å². The average molecular weight is 729 g/mol. The number of hydrogen-bond acceptors (Lipinski definition) is 0. The fourth-order valence-corrected chi connectivity index (χ4v) is 5.22. The van der Waals surface area contributed by atoms with Gasteiger partial charge < -0.3 is 0 Å². The lowest BCUT2D eigenvalue weighted by atomic mass is 9.90. The standard InChI is InChI=1S/2C13H26.2C7H14.2C6H12/c2*1-5-8-10-12(4)11-13(7-3)9-6-2;2*1-4-5-6-7(2)3;2*1-3-5-6-4-2/h2*8,10,12-13H,5-7,9,11H2,1-4H3;2*5-7H,4H2,1-3H3;2*5-6H,3-4H2,1-2H3/b2*10-8-;4*6-5-/t2*12-,13?;;;;/m00..../s1. The van der Waals surface area contributed by atoms with Crippen LogP contribution in [0.1, 0.15) is 227 Å². The summed E-state index contributed by atoms with van der Waals surface area (Å²) in [5, 5.41) is 0. The molecule has 0 radical (unpaired) electrons. The first kappa shape index (κ1) is 62.4. The van der Waals surface area contributed by atoms with Gasteiger partial charge in [0.05, 0.1) is 0 Å². The van der Waals surface area contributed by atoms with Gasteiger partial charge in [-0.3, -0.25) is 0 Å². The molecule has 0 aromatic heterocycles. The van der Waals surface area contributed by atoms with E-state index < -0.39 is 0 Å². The molecular weight excluding hydrogens is 625 g/mol. The maximum absolute atomic E-state index is 2.37. The topological polar surface area (TPSA) is 0 Å². The van der Waals surface area contributed by atoms with Crippen molar-refractivity contribution in [2.45, 2.75) is 227 Å². The summed E-state index contributed by atoms with van der Waals surface area (Å²) in [7, 11) is 0. The van der Waals surface area contributed by atoms with Crippen LogP contribution in [0.5, 0.6) is 0 Å². The molecule has 0 aliphatic carbocycles. The van der Waals surface area contributed by atoms with E-state index in [-0.39, 0.29) is 0 Å². The molecule has 0 nitrogen and oxygen atoms in total. The van der Waals surface area contributed by atoms with Crippen molar-refractivity contribution in [3.05, 3.63) is 72.9 Å². The van der Waals surface area contributed by atoms with Crippen LogP contribution in [0, 0.1) is 35.5 Å². The summed E-state index contributed by atoms with van der Waals surface area (Å²) in [6.07, 6.45) is 47.2. The van der Waals surface area contributed by atoms with Crippen LogP contribution in [-0.4, -0.2) is 0 Å². The molecule has 2 unspecified atom stereocenters. The van der Waals surface area contributed by atoms with Crippen LogP contribution in [0.4, 0.5) is 0 Å². The van der Waals surface area contributed by atoms with Gasteiger partial charge in [-0.15, -0.1) is 0 Å². The zero-order valence-electron chi connectivity index (χ0n) is 39.7. The highest BCUT2D eigenvalue weighted by atomic mass is 14.1. The van der Waals surface area contributed by atoms with Crippen LogP contribution < -0.4 is 0 Å². The van der Waals surface area contributed by atoms with Crippen molar-refractivity contribution in [2.24, 2.45) is 35.5 Å². The summed E-state index contributed by atoms with van der Waals surface area (Å²) in [5.74, 6) is 4.89. The maximum Gasteiger partial charge on any atom is -0.0259 e. The summed E-state index contributed by atoms with van der Waals surface area (Å²) < 4.78 is 0. The molecule has 0 saturated carbocycles. The van der Waals surface area contributed by atoms with Gasteiger partial charge in [-0.2, -0.15) is 0 Å². The predicted molar refractivity (Wildman–Crippen MR) is 252 cm³/mol. The minimum Gasteiger partial charge on any atom is -0.0888 e. The molecule has 0 aliphatic heterocycles. The second-order valence-corrected chi connectivity index (χ2v) is 15.0. The van der Waals surface area contributed by atoms with E-state index in [2.05, 4.69) is 198 Å². The van der Waals surface area contributed by atoms with Crippen molar-refractivity contribution < 1.29 is 0 Å². The van der Waals surface area contributed by atoms with Crippen LogP contribution in [0.25, 0.3) is 0 Å². The zero-order valence-corrected chi connectivity index (χ0v) is 39.7. The van der Waals surface area contributed by atoms with Crippen LogP contribution >= 0.6 is 0 Å². The van der Waals surface area contributed by atoms with Gasteiger partial charge in [0.15, 0.2) is 0 Å². The lowest BCUT2D eigenvalue weighted by Gasteiger charge is -2.16. The summed E-state index contributed by atoms with van der Waals surface area (Å²) in [5.41, 5.74) is 0. The third kappa shape index (κ3) is 73.8. The summed E-state index contributed by atoms with van der Waals surface area (Å²) in [6.45, 7) is 39.9. The molecule has 0 aromatic rings. The quantitative estimate of drug-likeness (QED) is 0.0974. The molecule has 0 aliphatic rings. The molecule has 4 atom stereocenters. The van der Waals surface area contributed by atoms with E-state index in [4.69, 9.17) is 0 Å². The smallest absolute Gasteiger partial charge is 0.0259 e. The third-order valence-electron chi connectivity index (χ3n) is 8.15. The highest BCUT2D eigenvalue weighted by Crippen LogP contribution is 2.22. The molecule has 52 heavy (non-hydrogen) atoms. The van der Waals surface area contributed by atoms with Crippen molar-refractivity contribution in [1.82, 2.24) is 0 Å². The second kappa shape index (κ2) is 58.7. The van der Waals surface area contributed by atoms with Gasteiger partial charge in [0.1, 0.15) is 0 Å². The molecule has 0 heteroatoms. The number of allylic oxidation sites excluding steroid dienone is 12. The zero-order chi connectivity index (χ0) is 41.3. The molecular formula is C52H104. The lowest BCUT2D eigenvalue weighted by Crippen LogP contribution is -2.03. The average Bonchev–Trinajstić information content (AvgIpc) is 3.13. The maximum atomic E-state index is 2.37. The Morgan fingerprint density at radius 2 is 0.538 bits per heavy atom. The summed E-state index contributed by atoms with van der Waals surface area (Å²) in [6, 6.07) is 0. The first-order chi connectivity index (χ1) is 24.8. The van der Waals surface area contributed by atoms with Crippen LogP contribution in [0.3, 0.4) is 0 Å². The Kier molecular flexibility index (Phi) is 70.5. The summed E-state index contributed by atoms with van der Waals surface area (Å²) in [4.78, 5) is 0. The first-order valence-corrected chi connectivity index (χ1v) is 22.8. The Bertz CT molecular complexity index is 664. The van der Waals surface area contributed by atoms with Gasteiger partial charge in [0.2, 0.25) is 0 Å². The largest absolute Gasteiger partial charge is 0.0888 e. The van der Waals surface area contributed by atoms with Crippen molar-refractivity contribution in [3.8, 4) is 0 Å². The molecule has 0 rings (SSSR count). The fourth-order valence-electron chi connectivity index (χ4n) is 5.22. The molecule has 0 amide bonds. The minimum absolute atomic E-state index is 0.722. The van der Waals surface area contributed by atoms with E-state index in [1.807, 2.05) is 0 Å². The van der Waals surface area contributed by atoms with Crippen molar-refractivity contribution in [3.63, 3.8) is 0 Å². The van der Waals surface area contributed by atoms with E-state index in [1.54, 1.807) is 0 Å². The van der Waals surface area contributed by atoms with E-state index in [1.165, 1.54) is 89.9 Å². The van der Waals surface area contributed by atoms with Gasteiger partial charge in [0.25, 0.3) is 0 Å². The van der Waals surface area contributed by atoms with Crippen molar-refractivity contribution in [1.29, 1.82) is 0 Å². The Hall–Kier alpha value is -1.56. The van der Waals surface area contributed by atoms with Gasteiger partial charge in [-0.25, -0.2) is 0 Å². The first-order valence-electron chi connectivity index (χ1n) is 22.8. The van der Waals surface area contributed by atoms with Crippen molar-refractivity contribution in [2.75, 3.05) is 0 Å². The molecule has 0 heterocycles. The number of hydrogen-bond donors (Lipinski definition) is 0. The van der Waals surface area contributed by atoms with Gasteiger partial charge in [-0.1, -0.05) is 236 Å². The van der Waals surface area contributed by atoms with Crippen LogP contribution in [0.15, 0.2) is 72.9 Å².